The van der Waals surface area contributed by atoms with Crippen LogP contribution in [-0.4, -0.2) is 58.9 Å². The van der Waals surface area contributed by atoms with Gasteiger partial charge in [0, 0.05) is 24.5 Å². The van der Waals surface area contributed by atoms with E-state index in [4.69, 9.17) is 4.74 Å². The van der Waals surface area contributed by atoms with Gasteiger partial charge >= 0.3 is 0 Å². The Labute approximate surface area is 163 Å². The zero-order valence-electron chi connectivity index (χ0n) is 16.1. The minimum Gasteiger partial charge on any atom is -0.490 e. The number of carbonyl (C=O) groups excluding carboxylic acids is 2. The fourth-order valence-corrected chi connectivity index (χ4v) is 3.73. The minimum absolute atomic E-state index is 0.0511. The highest BCUT2D eigenvalue weighted by Crippen LogP contribution is 2.32. The molecule has 1 aliphatic heterocycles. The van der Waals surface area contributed by atoms with E-state index in [0.717, 1.165) is 29.5 Å². The number of aromatic nitrogens is 1. The molecule has 1 aromatic heterocycles. The van der Waals surface area contributed by atoms with Crippen LogP contribution in [0.3, 0.4) is 0 Å². The summed E-state index contributed by atoms with van der Waals surface area (Å²) in [4.78, 5) is 31.6. The summed E-state index contributed by atoms with van der Waals surface area (Å²) in [7, 11) is 1.61. The summed E-state index contributed by atoms with van der Waals surface area (Å²) >= 11 is 0. The van der Waals surface area contributed by atoms with E-state index in [1.165, 1.54) is 4.90 Å². The van der Waals surface area contributed by atoms with Crippen LogP contribution >= 0.6 is 0 Å². The van der Waals surface area contributed by atoms with E-state index < -0.39 is 6.04 Å². The fourth-order valence-electron chi connectivity index (χ4n) is 3.73. The molecule has 7 nitrogen and oxygen atoms in total. The fraction of sp³-hybridized carbons (Fsp3) is 0.476. The van der Waals surface area contributed by atoms with E-state index >= 15 is 0 Å². The van der Waals surface area contributed by atoms with Crippen molar-refractivity contribution >= 4 is 22.7 Å². The first-order valence-corrected chi connectivity index (χ1v) is 9.69. The standard InChI is InChI=1S/C21H24N4O3/c1-13-8-14(10-22)25(11-13)20(26)12-24(2)21(27)18-9-16-17(23-18)4-3-5-19(16)28-15-6-7-15/h3-5,9,13-15,23H,6-8,11-12H2,1-2H3. The average Bonchev–Trinajstić information content (AvgIpc) is 3.24. The van der Waals surface area contributed by atoms with Gasteiger partial charge in [-0.05, 0) is 43.4 Å². The molecule has 28 heavy (non-hydrogen) atoms. The third kappa shape index (κ3) is 3.55. The Morgan fingerprint density at radius 2 is 2.18 bits per heavy atom. The molecule has 1 aliphatic carbocycles. The van der Waals surface area contributed by atoms with Crippen molar-refractivity contribution in [1.29, 1.82) is 5.26 Å². The lowest BCUT2D eigenvalue weighted by Crippen LogP contribution is -2.43. The van der Waals surface area contributed by atoms with Crippen LogP contribution in [0.5, 0.6) is 5.75 Å². The maximum atomic E-state index is 12.8. The first-order valence-electron chi connectivity index (χ1n) is 9.69. The lowest BCUT2D eigenvalue weighted by molar-refractivity contribution is -0.131. The van der Waals surface area contributed by atoms with E-state index in [-0.39, 0.29) is 24.5 Å². The summed E-state index contributed by atoms with van der Waals surface area (Å²) in [5.74, 6) is 0.619. The molecule has 0 spiro atoms. The molecule has 1 saturated heterocycles. The second-order valence-corrected chi connectivity index (χ2v) is 7.91. The lowest BCUT2D eigenvalue weighted by atomic mass is 10.1. The van der Waals surface area contributed by atoms with E-state index in [0.29, 0.717) is 24.6 Å². The van der Waals surface area contributed by atoms with Crippen LogP contribution in [0.2, 0.25) is 0 Å². The summed E-state index contributed by atoms with van der Waals surface area (Å²) < 4.78 is 5.92. The smallest absolute Gasteiger partial charge is 0.270 e. The molecule has 2 amide bonds. The number of benzene rings is 1. The second-order valence-electron chi connectivity index (χ2n) is 7.91. The number of H-pyrrole nitrogens is 1. The maximum absolute atomic E-state index is 12.8. The zero-order chi connectivity index (χ0) is 19.8. The largest absolute Gasteiger partial charge is 0.490 e. The topological polar surface area (TPSA) is 89.4 Å². The lowest BCUT2D eigenvalue weighted by Gasteiger charge is -2.23. The normalized spacial score (nSPS) is 21.5. The first-order chi connectivity index (χ1) is 13.5. The van der Waals surface area contributed by atoms with Gasteiger partial charge in [0.05, 0.1) is 18.7 Å². The molecule has 0 bridgehead atoms. The SMILES string of the molecule is CC1CC(C#N)N(C(=O)CN(C)C(=O)c2cc3c(OC4CC4)cccc3[nH]2)C1. The number of amides is 2. The highest BCUT2D eigenvalue weighted by Gasteiger charge is 2.34. The van der Waals surface area contributed by atoms with Crippen LogP contribution in [0.4, 0.5) is 0 Å². The summed E-state index contributed by atoms with van der Waals surface area (Å²) in [6.07, 6.45) is 3.09. The van der Waals surface area contributed by atoms with Crippen molar-refractivity contribution in [2.75, 3.05) is 20.1 Å². The van der Waals surface area contributed by atoms with Gasteiger partial charge in [-0.25, -0.2) is 0 Å². The molecule has 2 fully saturated rings. The molecule has 2 unspecified atom stereocenters. The molecule has 2 aliphatic rings. The zero-order valence-corrected chi connectivity index (χ0v) is 16.1. The predicted octanol–water partition coefficient (Wildman–Crippen LogP) is 2.54. The Hall–Kier alpha value is -3.01. The Kier molecular flexibility index (Phi) is 4.71. The highest BCUT2D eigenvalue weighted by atomic mass is 16.5. The van der Waals surface area contributed by atoms with Gasteiger partial charge in [0.2, 0.25) is 5.91 Å². The molecular weight excluding hydrogens is 356 g/mol. The number of likely N-dealkylation sites (tertiary alicyclic amines) is 1. The van der Waals surface area contributed by atoms with Gasteiger partial charge in [0.15, 0.2) is 0 Å². The molecule has 2 aromatic rings. The number of aromatic amines is 1. The number of hydrogen-bond donors (Lipinski definition) is 1. The van der Waals surface area contributed by atoms with Gasteiger partial charge < -0.3 is 19.5 Å². The number of nitrogens with one attached hydrogen (secondary N) is 1. The molecule has 2 atom stereocenters. The summed E-state index contributed by atoms with van der Waals surface area (Å²) in [6.45, 7) is 2.54. The van der Waals surface area contributed by atoms with Gasteiger partial charge in [-0.3, -0.25) is 9.59 Å². The first kappa shape index (κ1) is 18.4. The Bertz CT molecular complexity index is 956. The van der Waals surface area contributed by atoms with Crippen molar-refractivity contribution in [2.45, 2.75) is 38.3 Å². The molecule has 146 valence electrons. The number of fused-ring (bicyclic) bond motifs is 1. The van der Waals surface area contributed by atoms with Crippen LogP contribution in [0.25, 0.3) is 10.9 Å². The van der Waals surface area contributed by atoms with Crippen molar-refractivity contribution in [3.8, 4) is 11.8 Å². The van der Waals surface area contributed by atoms with Gasteiger partial charge in [-0.2, -0.15) is 5.26 Å². The van der Waals surface area contributed by atoms with Crippen LogP contribution in [-0.2, 0) is 4.79 Å². The predicted molar refractivity (Wildman–Crippen MR) is 104 cm³/mol. The average molecular weight is 380 g/mol. The number of rotatable bonds is 5. The number of nitriles is 1. The highest BCUT2D eigenvalue weighted by molar-refractivity contribution is 6.00. The van der Waals surface area contributed by atoms with Gasteiger partial charge in [0.1, 0.15) is 17.5 Å². The van der Waals surface area contributed by atoms with Crippen molar-refractivity contribution in [1.82, 2.24) is 14.8 Å². The quantitative estimate of drug-likeness (QED) is 0.863. The van der Waals surface area contributed by atoms with Crippen molar-refractivity contribution in [3.05, 3.63) is 30.0 Å². The summed E-state index contributed by atoms with van der Waals surface area (Å²) in [6, 6.07) is 9.28. The third-order valence-corrected chi connectivity index (χ3v) is 5.37. The Morgan fingerprint density at radius 1 is 1.39 bits per heavy atom. The van der Waals surface area contributed by atoms with E-state index in [1.54, 1.807) is 18.0 Å². The number of likely N-dealkylation sites (N-methyl/N-ethyl adjacent to an activating group) is 1. The molecular formula is C21H24N4O3. The van der Waals surface area contributed by atoms with Crippen LogP contribution in [0.15, 0.2) is 24.3 Å². The molecule has 2 heterocycles. The molecule has 4 rings (SSSR count). The Balaban J connectivity index is 1.48. The van der Waals surface area contributed by atoms with Gasteiger partial charge in [0.25, 0.3) is 5.91 Å². The molecule has 0 radical (unpaired) electrons. The van der Waals surface area contributed by atoms with Crippen LogP contribution in [0, 0.1) is 17.2 Å². The molecule has 1 aromatic carbocycles. The van der Waals surface area contributed by atoms with Gasteiger partial charge in [-0.15, -0.1) is 0 Å². The second kappa shape index (κ2) is 7.19. The monoisotopic (exact) mass is 380 g/mol. The van der Waals surface area contributed by atoms with Crippen molar-refractivity contribution in [2.24, 2.45) is 5.92 Å². The van der Waals surface area contributed by atoms with E-state index in [9.17, 15) is 14.9 Å². The van der Waals surface area contributed by atoms with E-state index in [2.05, 4.69) is 11.1 Å². The third-order valence-electron chi connectivity index (χ3n) is 5.37. The minimum atomic E-state index is -0.402. The van der Waals surface area contributed by atoms with Crippen LogP contribution in [0.1, 0.15) is 36.7 Å². The summed E-state index contributed by atoms with van der Waals surface area (Å²) in [5, 5.41) is 10.1. The van der Waals surface area contributed by atoms with Crippen LogP contribution < -0.4 is 4.74 Å². The van der Waals surface area contributed by atoms with E-state index in [1.807, 2.05) is 25.1 Å². The molecule has 1 saturated carbocycles. The van der Waals surface area contributed by atoms with Gasteiger partial charge in [-0.1, -0.05) is 13.0 Å². The number of nitrogens with zero attached hydrogens (tertiary/aromatic N) is 3. The van der Waals surface area contributed by atoms with Crippen molar-refractivity contribution < 1.29 is 14.3 Å². The molecule has 1 N–H and O–H groups in total. The number of ether oxygens (including phenoxy) is 1. The number of carbonyl (C=O) groups is 2. The number of hydrogen-bond acceptors (Lipinski definition) is 4. The van der Waals surface area contributed by atoms with Crippen molar-refractivity contribution in [3.63, 3.8) is 0 Å². The summed E-state index contributed by atoms with van der Waals surface area (Å²) in [5.41, 5.74) is 1.25. The molecule has 7 heteroatoms. The Morgan fingerprint density at radius 3 is 2.89 bits per heavy atom. The maximum Gasteiger partial charge on any atom is 0.270 e.